The van der Waals surface area contributed by atoms with Gasteiger partial charge in [-0.15, -0.1) is 0 Å². The normalized spacial score (nSPS) is 22.4. The first-order valence-electron chi connectivity index (χ1n) is 5.40. The lowest BCUT2D eigenvalue weighted by molar-refractivity contribution is 0.00852. The van der Waals surface area contributed by atoms with Crippen molar-refractivity contribution >= 4 is 11.7 Å². The van der Waals surface area contributed by atoms with Gasteiger partial charge in [0.05, 0.1) is 5.56 Å². The fraction of sp³-hybridized carbons (Fsp3) is 0.385. The quantitative estimate of drug-likeness (QED) is 0.690. The van der Waals surface area contributed by atoms with Crippen LogP contribution < -0.4 is 4.90 Å². The number of anilines is 1. The van der Waals surface area contributed by atoms with Crippen LogP contribution in [0.1, 0.15) is 22.8 Å². The lowest BCUT2D eigenvalue weighted by atomic mass is 9.90. The molecule has 0 bridgehead atoms. The van der Waals surface area contributed by atoms with Crippen molar-refractivity contribution < 1.29 is 9.53 Å². The van der Waals surface area contributed by atoms with E-state index in [1.54, 1.807) is 13.0 Å². The number of fused-ring (bicyclic) bond motifs is 1. The van der Waals surface area contributed by atoms with E-state index in [1.807, 2.05) is 37.2 Å². The summed E-state index contributed by atoms with van der Waals surface area (Å²) in [7, 11) is 3.87. The van der Waals surface area contributed by atoms with Gasteiger partial charge in [-0.3, -0.25) is 0 Å². The van der Waals surface area contributed by atoms with Gasteiger partial charge in [-0.1, -0.05) is 0 Å². The summed E-state index contributed by atoms with van der Waals surface area (Å²) >= 11 is 0. The van der Waals surface area contributed by atoms with Crippen LogP contribution in [0.3, 0.4) is 0 Å². The van der Waals surface area contributed by atoms with Crippen LogP contribution >= 0.6 is 0 Å². The molecule has 0 aromatic heterocycles. The van der Waals surface area contributed by atoms with Crippen molar-refractivity contribution in [1.29, 1.82) is 5.26 Å². The van der Waals surface area contributed by atoms with E-state index in [0.29, 0.717) is 12.0 Å². The number of nitriles is 1. The predicted molar refractivity (Wildman–Crippen MR) is 63.9 cm³/mol. The number of esters is 1. The van der Waals surface area contributed by atoms with Crippen molar-refractivity contribution in [3.63, 3.8) is 0 Å². The number of carbonyl (C=O) groups is 1. The Kier molecular flexibility index (Phi) is 2.55. The molecule has 0 saturated heterocycles. The topological polar surface area (TPSA) is 53.3 Å². The summed E-state index contributed by atoms with van der Waals surface area (Å²) in [6.45, 7) is 1.64. The van der Waals surface area contributed by atoms with Crippen molar-refractivity contribution in [3.05, 3.63) is 29.3 Å². The molecular formula is C13H14N2O2. The summed E-state index contributed by atoms with van der Waals surface area (Å²) in [4.78, 5) is 13.7. The van der Waals surface area contributed by atoms with Crippen molar-refractivity contribution in [3.8, 4) is 6.07 Å². The Labute approximate surface area is 100 Å². The van der Waals surface area contributed by atoms with Gasteiger partial charge < -0.3 is 9.64 Å². The van der Waals surface area contributed by atoms with Crippen LogP contribution in [0.5, 0.6) is 0 Å². The summed E-state index contributed by atoms with van der Waals surface area (Å²) in [6.07, 6.45) is 0.437. The standard InChI is InChI=1S/C13H14N2O2/c1-13(8-14)7-9-6-10(15(2)3)4-5-11(9)12(16)17-13/h4-6H,7H2,1-3H3. The molecule has 0 fully saturated rings. The van der Waals surface area contributed by atoms with E-state index in [1.165, 1.54) is 0 Å². The predicted octanol–water partition coefficient (Wildman–Crippen LogP) is 1.75. The smallest absolute Gasteiger partial charge is 0.340 e. The van der Waals surface area contributed by atoms with Gasteiger partial charge in [0, 0.05) is 26.2 Å². The highest BCUT2D eigenvalue weighted by Crippen LogP contribution is 2.30. The molecule has 0 N–H and O–H groups in total. The van der Waals surface area contributed by atoms with Crippen LogP contribution in [0.15, 0.2) is 18.2 Å². The SMILES string of the molecule is CN(C)c1ccc2c(c1)CC(C)(C#N)OC2=O. The average molecular weight is 230 g/mol. The molecule has 1 aromatic rings. The van der Waals surface area contributed by atoms with Crippen LogP contribution in [0.4, 0.5) is 5.69 Å². The first-order chi connectivity index (χ1) is 7.95. The maximum absolute atomic E-state index is 11.8. The van der Waals surface area contributed by atoms with E-state index >= 15 is 0 Å². The molecule has 0 amide bonds. The second-order valence-corrected chi connectivity index (χ2v) is 4.64. The number of nitrogens with zero attached hydrogens (tertiary/aromatic N) is 2. The van der Waals surface area contributed by atoms with Gasteiger partial charge in [0.15, 0.2) is 5.60 Å². The van der Waals surface area contributed by atoms with E-state index in [2.05, 4.69) is 0 Å². The Hall–Kier alpha value is -2.02. The minimum Gasteiger partial charge on any atom is -0.440 e. The van der Waals surface area contributed by atoms with Crippen LogP contribution in [0.2, 0.25) is 0 Å². The average Bonchev–Trinajstić information content (AvgIpc) is 2.28. The lowest BCUT2D eigenvalue weighted by Gasteiger charge is -2.29. The Morgan fingerprint density at radius 3 is 2.76 bits per heavy atom. The summed E-state index contributed by atoms with van der Waals surface area (Å²) in [6, 6.07) is 7.60. The molecule has 0 saturated carbocycles. The molecule has 0 radical (unpaired) electrons. The zero-order valence-corrected chi connectivity index (χ0v) is 10.2. The van der Waals surface area contributed by atoms with E-state index in [-0.39, 0.29) is 0 Å². The molecule has 1 aromatic carbocycles. The third-order valence-corrected chi connectivity index (χ3v) is 2.91. The Bertz CT molecular complexity index is 517. The molecule has 1 atom stereocenters. The lowest BCUT2D eigenvalue weighted by Crippen LogP contribution is -2.37. The highest BCUT2D eigenvalue weighted by Gasteiger charge is 2.36. The van der Waals surface area contributed by atoms with Gasteiger partial charge in [0.25, 0.3) is 0 Å². The summed E-state index contributed by atoms with van der Waals surface area (Å²) in [5, 5.41) is 9.03. The van der Waals surface area contributed by atoms with Gasteiger partial charge in [-0.05, 0) is 30.7 Å². The molecule has 1 aliphatic rings. The minimum absolute atomic E-state index is 0.416. The molecule has 4 nitrogen and oxygen atoms in total. The first kappa shape index (κ1) is 11.5. The third kappa shape index (κ3) is 1.96. The zero-order valence-electron chi connectivity index (χ0n) is 10.2. The second-order valence-electron chi connectivity index (χ2n) is 4.64. The number of hydrogen-bond donors (Lipinski definition) is 0. The van der Waals surface area contributed by atoms with E-state index in [0.717, 1.165) is 11.3 Å². The maximum Gasteiger partial charge on any atom is 0.340 e. The number of ether oxygens (including phenoxy) is 1. The summed E-state index contributed by atoms with van der Waals surface area (Å²) < 4.78 is 5.14. The molecule has 1 unspecified atom stereocenters. The molecule has 17 heavy (non-hydrogen) atoms. The summed E-state index contributed by atoms with van der Waals surface area (Å²) in [5.41, 5.74) is 1.40. The van der Waals surface area contributed by atoms with Crippen molar-refractivity contribution in [2.75, 3.05) is 19.0 Å². The highest BCUT2D eigenvalue weighted by molar-refractivity contribution is 5.93. The molecule has 0 aliphatic carbocycles. The maximum atomic E-state index is 11.8. The number of rotatable bonds is 1. The van der Waals surface area contributed by atoms with Crippen molar-refractivity contribution in [1.82, 2.24) is 0 Å². The molecule has 0 spiro atoms. The van der Waals surface area contributed by atoms with E-state index < -0.39 is 11.6 Å². The molecule has 2 rings (SSSR count). The van der Waals surface area contributed by atoms with Crippen LogP contribution in [-0.2, 0) is 11.2 Å². The zero-order chi connectivity index (χ0) is 12.6. The molecular weight excluding hydrogens is 216 g/mol. The molecule has 4 heteroatoms. The van der Waals surface area contributed by atoms with Crippen LogP contribution in [0.25, 0.3) is 0 Å². The minimum atomic E-state index is -1.05. The third-order valence-electron chi connectivity index (χ3n) is 2.91. The largest absolute Gasteiger partial charge is 0.440 e. The van der Waals surface area contributed by atoms with Gasteiger partial charge in [-0.25, -0.2) is 4.79 Å². The number of cyclic esters (lactones) is 1. The van der Waals surface area contributed by atoms with Gasteiger partial charge in [0.1, 0.15) is 6.07 Å². The van der Waals surface area contributed by atoms with Crippen LogP contribution in [0, 0.1) is 11.3 Å². The summed E-state index contributed by atoms with van der Waals surface area (Å²) in [5.74, 6) is -0.416. The monoisotopic (exact) mass is 230 g/mol. The fourth-order valence-corrected chi connectivity index (χ4v) is 1.93. The van der Waals surface area contributed by atoms with Gasteiger partial charge in [-0.2, -0.15) is 5.26 Å². The highest BCUT2D eigenvalue weighted by atomic mass is 16.6. The Balaban J connectivity index is 2.48. The molecule has 88 valence electrons. The van der Waals surface area contributed by atoms with Gasteiger partial charge in [0.2, 0.25) is 0 Å². The van der Waals surface area contributed by atoms with Gasteiger partial charge >= 0.3 is 5.97 Å². The number of hydrogen-bond acceptors (Lipinski definition) is 4. The van der Waals surface area contributed by atoms with Crippen molar-refractivity contribution in [2.24, 2.45) is 0 Å². The molecule has 1 aliphatic heterocycles. The Morgan fingerprint density at radius 2 is 2.18 bits per heavy atom. The number of benzene rings is 1. The Morgan fingerprint density at radius 1 is 1.47 bits per heavy atom. The van der Waals surface area contributed by atoms with E-state index in [4.69, 9.17) is 10.00 Å². The fourth-order valence-electron chi connectivity index (χ4n) is 1.93. The first-order valence-corrected chi connectivity index (χ1v) is 5.40. The molecule has 1 heterocycles. The van der Waals surface area contributed by atoms with Crippen LogP contribution in [-0.4, -0.2) is 25.7 Å². The second kappa shape index (κ2) is 3.77. The van der Waals surface area contributed by atoms with Crippen molar-refractivity contribution in [2.45, 2.75) is 18.9 Å². The number of carbonyl (C=O) groups excluding carboxylic acids is 1. The van der Waals surface area contributed by atoms with E-state index in [9.17, 15) is 4.79 Å².